The minimum absolute atomic E-state index is 0.112. The smallest absolute Gasteiger partial charge is 0.336 e. The molecule has 0 aliphatic heterocycles. The van der Waals surface area contributed by atoms with Gasteiger partial charge in [-0.2, -0.15) is 0 Å². The Morgan fingerprint density at radius 2 is 2.04 bits per heavy atom. The number of aromatic nitrogens is 2. The monoisotopic (exact) mass is 461 g/mol. The SMILES string of the molecule is CC(=O)N(c1nc(/C=C/C(=O)Oc2cccnc2Br)cs1)c1ccccc1F. The zero-order chi connectivity index (χ0) is 20.1. The van der Waals surface area contributed by atoms with Gasteiger partial charge in [-0.15, -0.1) is 11.3 Å². The van der Waals surface area contributed by atoms with Crippen LogP contribution in [0.25, 0.3) is 6.08 Å². The number of ether oxygens (including phenoxy) is 1. The van der Waals surface area contributed by atoms with Crippen LogP contribution in [0.1, 0.15) is 12.6 Å². The van der Waals surface area contributed by atoms with Crippen molar-refractivity contribution in [2.24, 2.45) is 0 Å². The van der Waals surface area contributed by atoms with Crippen LogP contribution in [-0.4, -0.2) is 21.8 Å². The topological polar surface area (TPSA) is 72.4 Å². The molecule has 0 N–H and O–H groups in total. The molecule has 0 unspecified atom stereocenters. The normalized spacial score (nSPS) is 10.8. The summed E-state index contributed by atoms with van der Waals surface area (Å²) in [6.07, 6.45) is 4.22. The Labute approximate surface area is 172 Å². The highest BCUT2D eigenvalue weighted by atomic mass is 79.9. The molecule has 0 bridgehead atoms. The molecular formula is C19H13BrFN3O3S. The minimum atomic E-state index is -0.610. The van der Waals surface area contributed by atoms with E-state index in [0.29, 0.717) is 21.2 Å². The number of para-hydroxylation sites is 1. The van der Waals surface area contributed by atoms with E-state index in [0.717, 1.165) is 11.3 Å². The number of halogens is 2. The van der Waals surface area contributed by atoms with Gasteiger partial charge < -0.3 is 4.74 Å². The summed E-state index contributed by atoms with van der Waals surface area (Å²) in [6, 6.07) is 9.18. The Kier molecular flexibility index (Phi) is 6.27. The lowest BCUT2D eigenvalue weighted by molar-refractivity contribution is -0.129. The Bertz CT molecular complexity index is 1050. The van der Waals surface area contributed by atoms with E-state index >= 15 is 0 Å². The van der Waals surface area contributed by atoms with Gasteiger partial charge in [0.1, 0.15) is 10.4 Å². The van der Waals surface area contributed by atoms with Gasteiger partial charge in [0.05, 0.1) is 11.4 Å². The van der Waals surface area contributed by atoms with E-state index in [1.807, 2.05) is 0 Å². The summed E-state index contributed by atoms with van der Waals surface area (Å²) in [6.45, 7) is 1.33. The molecule has 0 radical (unpaired) electrons. The van der Waals surface area contributed by atoms with E-state index in [-0.39, 0.29) is 11.6 Å². The molecule has 1 aromatic carbocycles. The van der Waals surface area contributed by atoms with Crippen molar-refractivity contribution < 1.29 is 18.7 Å². The predicted octanol–water partition coefficient (Wildman–Crippen LogP) is 4.74. The van der Waals surface area contributed by atoms with Gasteiger partial charge in [0.25, 0.3) is 0 Å². The average molecular weight is 462 g/mol. The number of hydrogen-bond donors (Lipinski definition) is 0. The van der Waals surface area contributed by atoms with E-state index in [9.17, 15) is 14.0 Å². The van der Waals surface area contributed by atoms with Crippen LogP contribution in [0.3, 0.4) is 0 Å². The van der Waals surface area contributed by atoms with Gasteiger partial charge in [-0.1, -0.05) is 12.1 Å². The van der Waals surface area contributed by atoms with Crippen LogP contribution in [0.5, 0.6) is 5.75 Å². The number of anilines is 2. The molecule has 2 aromatic heterocycles. The number of nitrogens with zero attached hydrogens (tertiary/aromatic N) is 3. The molecule has 1 amide bonds. The number of esters is 1. The number of amides is 1. The van der Waals surface area contributed by atoms with Crippen molar-refractivity contribution in [1.82, 2.24) is 9.97 Å². The van der Waals surface area contributed by atoms with Gasteiger partial charge in [-0.05, 0) is 46.3 Å². The van der Waals surface area contributed by atoms with E-state index < -0.39 is 11.8 Å². The molecule has 0 aliphatic rings. The third-order valence-electron chi connectivity index (χ3n) is 3.43. The number of thiazole rings is 1. The van der Waals surface area contributed by atoms with Crippen LogP contribution in [-0.2, 0) is 9.59 Å². The van der Waals surface area contributed by atoms with Crippen molar-refractivity contribution in [3.8, 4) is 5.75 Å². The zero-order valence-electron chi connectivity index (χ0n) is 14.5. The molecule has 6 nitrogen and oxygen atoms in total. The first-order chi connectivity index (χ1) is 13.5. The van der Waals surface area contributed by atoms with Crippen molar-refractivity contribution in [2.45, 2.75) is 6.92 Å². The van der Waals surface area contributed by atoms with Crippen LogP contribution in [0.4, 0.5) is 15.2 Å². The molecule has 3 rings (SSSR count). The van der Waals surface area contributed by atoms with Gasteiger partial charge in [-0.25, -0.2) is 19.2 Å². The molecule has 28 heavy (non-hydrogen) atoms. The van der Waals surface area contributed by atoms with Crippen molar-refractivity contribution in [3.63, 3.8) is 0 Å². The summed E-state index contributed by atoms with van der Waals surface area (Å²) in [5.74, 6) is -1.23. The number of hydrogen-bond acceptors (Lipinski definition) is 6. The Hall–Kier alpha value is -2.91. The molecule has 0 saturated heterocycles. The zero-order valence-corrected chi connectivity index (χ0v) is 16.9. The maximum atomic E-state index is 14.1. The number of rotatable bonds is 5. The van der Waals surface area contributed by atoms with Gasteiger partial charge in [0, 0.05) is 24.6 Å². The average Bonchev–Trinajstić information content (AvgIpc) is 3.12. The lowest BCUT2D eigenvalue weighted by Crippen LogP contribution is -2.23. The highest BCUT2D eigenvalue weighted by Gasteiger charge is 2.20. The third kappa shape index (κ3) is 4.68. The first-order valence-corrected chi connectivity index (χ1v) is 9.64. The lowest BCUT2D eigenvalue weighted by Gasteiger charge is -2.18. The summed E-state index contributed by atoms with van der Waals surface area (Å²) in [5.41, 5.74) is 0.547. The van der Waals surface area contributed by atoms with Gasteiger partial charge >= 0.3 is 5.97 Å². The van der Waals surface area contributed by atoms with Gasteiger partial charge in [0.2, 0.25) is 5.91 Å². The summed E-state index contributed by atoms with van der Waals surface area (Å²) >= 11 is 4.34. The number of pyridine rings is 1. The Balaban J connectivity index is 1.76. The van der Waals surface area contributed by atoms with Crippen LogP contribution in [0.2, 0.25) is 0 Å². The summed E-state index contributed by atoms with van der Waals surface area (Å²) in [5, 5.41) is 1.94. The Morgan fingerprint density at radius 3 is 2.75 bits per heavy atom. The first kappa shape index (κ1) is 19.8. The lowest BCUT2D eigenvalue weighted by atomic mass is 10.3. The molecule has 0 spiro atoms. The maximum absolute atomic E-state index is 14.1. The third-order valence-corrected chi connectivity index (χ3v) is 4.87. The van der Waals surface area contributed by atoms with Crippen LogP contribution >= 0.6 is 27.3 Å². The fourth-order valence-electron chi connectivity index (χ4n) is 2.24. The molecule has 0 saturated carbocycles. The molecule has 0 fully saturated rings. The molecular weight excluding hydrogens is 449 g/mol. The maximum Gasteiger partial charge on any atom is 0.336 e. The van der Waals surface area contributed by atoms with Crippen LogP contribution < -0.4 is 9.64 Å². The molecule has 0 aliphatic carbocycles. The summed E-state index contributed by atoms with van der Waals surface area (Å²) in [7, 11) is 0. The quantitative estimate of drug-likeness (QED) is 0.311. The van der Waals surface area contributed by atoms with Gasteiger partial charge in [0.15, 0.2) is 10.9 Å². The summed E-state index contributed by atoms with van der Waals surface area (Å²) < 4.78 is 19.7. The second-order valence-electron chi connectivity index (χ2n) is 5.41. The standard InChI is InChI=1S/C19H13BrFN3O3S/c1-12(25)24(15-6-3-2-5-14(15)21)19-23-13(11-28-19)8-9-17(26)27-16-7-4-10-22-18(16)20/h2-11H,1H3/b9-8+. The number of carbonyl (C=O) groups is 2. The van der Waals surface area contributed by atoms with Crippen molar-refractivity contribution in [1.29, 1.82) is 0 Å². The van der Waals surface area contributed by atoms with E-state index in [4.69, 9.17) is 4.74 Å². The minimum Gasteiger partial charge on any atom is -0.420 e. The van der Waals surface area contributed by atoms with E-state index in [2.05, 4.69) is 25.9 Å². The molecule has 2 heterocycles. The second-order valence-corrected chi connectivity index (χ2v) is 7.00. The summed E-state index contributed by atoms with van der Waals surface area (Å²) in [4.78, 5) is 33.4. The van der Waals surface area contributed by atoms with Crippen molar-refractivity contribution in [3.05, 3.63) is 70.2 Å². The second kappa shape index (κ2) is 8.85. The Morgan fingerprint density at radius 1 is 1.25 bits per heavy atom. The van der Waals surface area contributed by atoms with Crippen molar-refractivity contribution >= 4 is 56.0 Å². The van der Waals surface area contributed by atoms with Crippen LogP contribution in [0.15, 0.2) is 58.7 Å². The number of carbonyl (C=O) groups excluding carboxylic acids is 2. The molecule has 0 atom stereocenters. The fraction of sp³-hybridized carbons (Fsp3) is 0.0526. The van der Waals surface area contributed by atoms with Crippen molar-refractivity contribution in [2.75, 3.05) is 4.90 Å². The molecule has 9 heteroatoms. The molecule has 142 valence electrons. The van der Waals surface area contributed by atoms with E-state index in [1.54, 1.807) is 35.8 Å². The van der Waals surface area contributed by atoms with Crippen LogP contribution in [0, 0.1) is 5.82 Å². The fourth-order valence-corrected chi connectivity index (χ4v) is 3.42. The van der Waals surface area contributed by atoms with E-state index in [1.165, 1.54) is 36.1 Å². The largest absolute Gasteiger partial charge is 0.420 e. The number of benzene rings is 1. The van der Waals surface area contributed by atoms with Gasteiger partial charge in [-0.3, -0.25) is 9.69 Å². The highest BCUT2D eigenvalue weighted by Crippen LogP contribution is 2.31. The highest BCUT2D eigenvalue weighted by molar-refractivity contribution is 9.10. The first-order valence-electron chi connectivity index (χ1n) is 7.97. The molecule has 3 aromatic rings. The predicted molar refractivity (Wildman–Crippen MR) is 108 cm³/mol.